The molecule has 2 rings (SSSR count). The second-order valence-corrected chi connectivity index (χ2v) is 6.54. The Morgan fingerprint density at radius 3 is 2.53 bits per heavy atom. The monoisotopic (exact) mass is 373 g/mol. The predicted molar refractivity (Wildman–Crippen MR) is 81.8 cm³/mol. The lowest BCUT2D eigenvalue weighted by Crippen LogP contribution is -2.17. The molecule has 0 radical (unpaired) electrons. The molecule has 17 heavy (non-hydrogen) atoms. The van der Waals surface area contributed by atoms with Crippen LogP contribution in [-0.4, -0.2) is 7.05 Å². The van der Waals surface area contributed by atoms with E-state index < -0.39 is 0 Å². The van der Waals surface area contributed by atoms with Crippen molar-refractivity contribution in [2.24, 2.45) is 0 Å². The normalized spacial score (nSPS) is 12.7. The van der Waals surface area contributed by atoms with Gasteiger partial charge in [0.15, 0.2) is 0 Å². The van der Waals surface area contributed by atoms with Crippen molar-refractivity contribution in [1.29, 1.82) is 0 Å². The van der Waals surface area contributed by atoms with Gasteiger partial charge >= 0.3 is 0 Å². The highest BCUT2D eigenvalue weighted by Gasteiger charge is 2.18. The van der Waals surface area contributed by atoms with E-state index in [1.54, 1.807) is 11.3 Å². The zero-order valence-corrected chi connectivity index (χ0v) is 13.6. The first-order chi connectivity index (χ1) is 8.13. The summed E-state index contributed by atoms with van der Waals surface area (Å²) in [5, 5.41) is 5.48. The molecule has 0 aliphatic carbocycles. The van der Waals surface area contributed by atoms with E-state index in [0.29, 0.717) is 0 Å². The Bertz CT molecular complexity index is 522. The van der Waals surface area contributed by atoms with E-state index in [4.69, 9.17) is 0 Å². The molecule has 1 nitrogen and oxygen atoms in total. The summed E-state index contributed by atoms with van der Waals surface area (Å²) in [7, 11) is 1.99. The third-order valence-electron chi connectivity index (χ3n) is 2.66. The Morgan fingerprint density at radius 2 is 1.94 bits per heavy atom. The smallest absolute Gasteiger partial charge is 0.0691 e. The lowest BCUT2D eigenvalue weighted by atomic mass is 10.0. The van der Waals surface area contributed by atoms with Gasteiger partial charge in [0.25, 0.3) is 0 Å². The summed E-state index contributed by atoms with van der Waals surface area (Å²) in [6.07, 6.45) is 0. The molecule has 0 aliphatic heterocycles. The van der Waals surface area contributed by atoms with Crippen LogP contribution in [0.1, 0.15) is 22.0 Å². The predicted octanol–water partition coefficient (Wildman–Crippen LogP) is 4.89. The molecule has 0 fully saturated rings. The first-order valence-corrected chi connectivity index (χ1v) is 7.76. The van der Waals surface area contributed by atoms with Gasteiger partial charge in [-0.15, -0.1) is 11.3 Å². The van der Waals surface area contributed by atoms with Crippen LogP contribution in [0.4, 0.5) is 0 Å². The van der Waals surface area contributed by atoms with Gasteiger partial charge in [0, 0.05) is 13.8 Å². The second kappa shape index (κ2) is 5.65. The molecule has 90 valence electrons. The van der Waals surface area contributed by atoms with Crippen LogP contribution in [0.15, 0.2) is 38.6 Å². The molecule has 0 saturated carbocycles. The van der Waals surface area contributed by atoms with E-state index in [0.717, 1.165) is 8.95 Å². The van der Waals surface area contributed by atoms with Crippen LogP contribution < -0.4 is 5.32 Å². The summed E-state index contributed by atoms with van der Waals surface area (Å²) < 4.78 is 2.30. The third kappa shape index (κ3) is 2.81. The summed E-state index contributed by atoms with van der Waals surface area (Å²) >= 11 is 9.00. The van der Waals surface area contributed by atoms with Crippen molar-refractivity contribution in [3.63, 3.8) is 0 Å². The Morgan fingerprint density at radius 1 is 1.18 bits per heavy atom. The third-order valence-corrected chi connectivity index (χ3v) is 5.32. The number of halogens is 2. The highest BCUT2D eigenvalue weighted by Crippen LogP contribution is 2.36. The molecule has 1 N–H and O–H groups in total. The molecule has 1 heterocycles. The van der Waals surface area contributed by atoms with Gasteiger partial charge < -0.3 is 5.32 Å². The highest BCUT2D eigenvalue weighted by atomic mass is 79.9. The summed E-state index contributed by atoms with van der Waals surface area (Å²) in [6, 6.07) is 8.75. The zero-order chi connectivity index (χ0) is 12.4. The minimum Gasteiger partial charge on any atom is -0.309 e. The molecule has 1 aromatic heterocycles. The van der Waals surface area contributed by atoms with E-state index in [2.05, 4.69) is 73.7 Å². The average Bonchev–Trinajstić information content (AvgIpc) is 2.71. The Hall–Kier alpha value is -0.160. The molecule has 0 bridgehead atoms. The van der Waals surface area contributed by atoms with Gasteiger partial charge in [-0.2, -0.15) is 0 Å². The van der Waals surface area contributed by atoms with E-state index >= 15 is 0 Å². The number of rotatable bonds is 3. The SMILES string of the molecule is CNC(c1cc(C)ccc1Br)c1sccc1Br. The first-order valence-electron chi connectivity index (χ1n) is 5.29. The number of thiophene rings is 1. The van der Waals surface area contributed by atoms with Crippen molar-refractivity contribution in [3.8, 4) is 0 Å². The summed E-state index contributed by atoms with van der Waals surface area (Å²) in [4.78, 5) is 1.30. The quantitative estimate of drug-likeness (QED) is 0.806. The van der Waals surface area contributed by atoms with Gasteiger partial charge in [-0.1, -0.05) is 33.6 Å². The average molecular weight is 375 g/mol. The molecular weight excluding hydrogens is 362 g/mol. The minimum absolute atomic E-state index is 0.221. The van der Waals surface area contributed by atoms with Gasteiger partial charge in [0.2, 0.25) is 0 Å². The fraction of sp³-hybridized carbons (Fsp3) is 0.231. The van der Waals surface area contributed by atoms with Crippen molar-refractivity contribution in [1.82, 2.24) is 5.32 Å². The molecule has 0 aliphatic rings. The van der Waals surface area contributed by atoms with E-state index in [1.165, 1.54) is 16.0 Å². The van der Waals surface area contributed by atoms with Crippen LogP contribution >= 0.6 is 43.2 Å². The van der Waals surface area contributed by atoms with E-state index in [-0.39, 0.29) is 6.04 Å². The van der Waals surface area contributed by atoms with Gasteiger partial charge in [-0.25, -0.2) is 0 Å². The lowest BCUT2D eigenvalue weighted by Gasteiger charge is -2.18. The fourth-order valence-corrected chi connectivity index (χ4v) is 4.03. The first kappa shape index (κ1) is 13.3. The van der Waals surface area contributed by atoms with Crippen LogP contribution in [0.5, 0.6) is 0 Å². The Balaban J connectivity index is 2.49. The lowest BCUT2D eigenvalue weighted by molar-refractivity contribution is 0.698. The fourth-order valence-electron chi connectivity index (χ4n) is 1.82. The standard InChI is InChI=1S/C13H13Br2NS/c1-8-3-4-10(14)9(7-8)12(16-2)13-11(15)5-6-17-13/h3-7,12,16H,1-2H3. The maximum atomic E-state index is 3.63. The molecule has 0 amide bonds. The Labute approximate surface area is 123 Å². The van der Waals surface area contributed by atoms with Crippen molar-refractivity contribution < 1.29 is 0 Å². The highest BCUT2D eigenvalue weighted by molar-refractivity contribution is 9.10. The maximum absolute atomic E-state index is 3.63. The summed E-state index contributed by atoms with van der Waals surface area (Å²) in [5.74, 6) is 0. The van der Waals surface area contributed by atoms with Crippen LogP contribution in [0.3, 0.4) is 0 Å². The van der Waals surface area contributed by atoms with Crippen molar-refractivity contribution in [2.75, 3.05) is 7.05 Å². The number of hydrogen-bond acceptors (Lipinski definition) is 2. The number of nitrogens with one attached hydrogen (secondary N) is 1. The number of aryl methyl sites for hydroxylation is 1. The van der Waals surface area contributed by atoms with Crippen molar-refractivity contribution in [3.05, 3.63) is 54.6 Å². The van der Waals surface area contributed by atoms with Gasteiger partial charge in [0.05, 0.1) is 6.04 Å². The van der Waals surface area contributed by atoms with Crippen LogP contribution in [0.25, 0.3) is 0 Å². The zero-order valence-electron chi connectivity index (χ0n) is 9.63. The minimum atomic E-state index is 0.221. The molecular formula is C13H13Br2NS. The second-order valence-electron chi connectivity index (χ2n) is 3.88. The van der Waals surface area contributed by atoms with E-state index in [1.807, 2.05) is 7.05 Å². The molecule has 1 aromatic carbocycles. The Kier molecular flexibility index (Phi) is 4.42. The molecule has 1 atom stereocenters. The molecule has 2 aromatic rings. The molecule has 4 heteroatoms. The molecule has 0 spiro atoms. The molecule has 1 unspecified atom stereocenters. The van der Waals surface area contributed by atoms with Crippen LogP contribution in [0, 0.1) is 6.92 Å². The maximum Gasteiger partial charge on any atom is 0.0691 e. The van der Waals surface area contributed by atoms with Crippen LogP contribution in [0.2, 0.25) is 0 Å². The van der Waals surface area contributed by atoms with Crippen molar-refractivity contribution in [2.45, 2.75) is 13.0 Å². The van der Waals surface area contributed by atoms with Gasteiger partial charge in [0.1, 0.15) is 0 Å². The summed E-state index contributed by atoms with van der Waals surface area (Å²) in [6.45, 7) is 2.12. The van der Waals surface area contributed by atoms with Crippen LogP contribution in [-0.2, 0) is 0 Å². The van der Waals surface area contributed by atoms with Gasteiger partial charge in [-0.05, 0) is 53.0 Å². The number of benzene rings is 1. The largest absolute Gasteiger partial charge is 0.309 e. The van der Waals surface area contributed by atoms with Gasteiger partial charge in [-0.3, -0.25) is 0 Å². The molecule has 0 saturated heterocycles. The van der Waals surface area contributed by atoms with E-state index in [9.17, 15) is 0 Å². The van der Waals surface area contributed by atoms with Crippen molar-refractivity contribution >= 4 is 43.2 Å². The summed E-state index contributed by atoms with van der Waals surface area (Å²) in [5.41, 5.74) is 2.55. The topological polar surface area (TPSA) is 12.0 Å². The number of hydrogen-bond donors (Lipinski definition) is 1.